The summed E-state index contributed by atoms with van der Waals surface area (Å²) in [4.78, 5) is 11.1. The van der Waals surface area contributed by atoms with E-state index in [1.54, 1.807) is 36.4 Å². The van der Waals surface area contributed by atoms with E-state index in [1.165, 1.54) is 22.7 Å². The molecular formula is C19H21N3O4S. The Morgan fingerprint density at radius 2 is 1.70 bits per heavy atom. The molecule has 0 aliphatic carbocycles. The van der Waals surface area contributed by atoms with Crippen molar-refractivity contribution in [2.24, 2.45) is 5.10 Å². The molecule has 0 bridgehead atoms. The van der Waals surface area contributed by atoms with Gasteiger partial charge in [-0.05, 0) is 43.2 Å². The van der Waals surface area contributed by atoms with Crippen molar-refractivity contribution in [3.63, 3.8) is 0 Å². The Labute approximate surface area is 158 Å². The van der Waals surface area contributed by atoms with Gasteiger partial charge in [0.05, 0.1) is 22.4 Å². The quantitative estimate of drug-likeness (QED) is 0.586. The van der Waals surface area contributed by atoms with E-state index in [-0.39, 0.29) is 10.5 Å². The Morgan fingerprint density at radius 3 is 2.37 bits per heavy atom. The number of anilines is 1. The number of hydrogen-bond acceptors (Lipinski definition) is 5. The van der Waals surface area contributed by atoms with Gasteiger partial charge in [0, 0.05) is 18.7 Å². The normalized spacial score (nSPS) is 15.7. The first-order chi connectivity index (χ1) is 13.0. The number of carbonyl (C=O) groups is 1. The minimum absolute atomic E-state index is 0.183. The molecule has 0 unspecified atom stereocenters. The number of sulfonamides is 1. The fourth-order valence-corrected chi connectivity index (χ4v) is 4.62. The highest BCUT2D eigenvalue weighted by Crippen LogP contribution is 2.22. The molecule has 3 rings (SSSR count). The minimum atomic E-state index is -3.55. The average molecular weight is 387 g/mol. The molecule has 1 saturated heterocycles. The van der Waals surface area contributed by atoms with Crippen molar-refractivity contribution in [1.82, 2.24) is 4.31 Å². The van der Waals surface area contributed by atoms with Crippen molar-refractivity contribution in [1.29, 1.82) is 0 Å². The Balaban J connectivity index is 1.77. The molecule has 0 spiro atoms. The summed E-state index contributed by atoms with van der Waals surface area (Å²) in [5.74, 6) is -0.998. The zero-order valence-electron chi connectivity index (χ0n) is 14.7. The van der Waals surface area contributed by atoms with E-state index in [1.807, 2.05) is 0 Å². The van der Waals surface area contributed by atoms with Crippen LogP contribution in [0.15, 0.2) is 58.5 Å². The van der Waals surface area contributed by atoms with Crippen molar-refractivity contribution >= 4 is 27.9 Å². The molecule has 1 heterocycles. The standard InChI is InChI=1S/C19H21N3O4S/c23-19(24)15-8-10-17(11-9-15)21-20-14-16-6-2-3-7-18(16)27(25,26)22-12-4-1-5-13-22/h2-3,6-11,14,21H,1,4-5,12-13H2,(H,23,24). The number of aromatic carboxylic acids is 1. The monoisotopic (exact) mass is 387 g/mol. The van der Waals surface area contributed by atoms with Gasteiger partial charge in [0.25, 0.3) is 0 Å². The predicted octanol–water partition coefficient (Wildman–Crippen LogP) is 3.01. The number of nitrogens with zero attached hydrogens (tertiary/aromatic N) is 2. The predicted molar refractivity (Wildman–Crippen MR) is 104 cm³/mol. The first-order valence-electron chi connectivity index (χ1n) is 8.70. The van der Waals surface area contributed by atoms with E-state index in [0.29, 0.717) is 24.3 Å². The van der Waals surface area contributed by atoms with Crippen LogP contribution in [0.1, 0.15) is 35.2 Å². The number of rotatable bonds is 6. The first-order valence-corrected chi connectivity index (χ1v) is 10.1. The molecule has 8 heteroatoms. The lowest BCUT2D eigenvalue weighted by atomic mass is 10.2. The lowest BCUT2D eigenvalue weighted by Crippen LogP contribution is -2.36. The third-order valence-electron chi connectivity index (χ3n) is 4.38. The summed E-state index contributed by atoms with van der Waals surface area (Å²) in [6.45, 7) is 1.09. The van der Waals surface area contributed by atoms with Gasteiger partial charge in [0.1, 0.15) is 0 Å². The molecule has 0 aromatic heterocycles. The van der Waals surface area contributed by atoms with Crippen LogP contribution in [-0.2, 0) is 10.0 Å². The molecule has 7 nitrogen and oxygen atoms in total. The van der Waals surface area contributed by atoms with Crippen LogP contribution in [0, 0.1) is 0 Å². The smallest absolute Gasteiger partial charge is 0.335 e. The van der Waals surface area contributed by atoms with Crippen LogP contribution in [0.5, 0.6) is 0 Å². The molecule has 1 aliphatic heterocycles. The van der Waals surface area contributed by atoms with Crippen molar-refractivity contribution in [3.8, 4) is 0 Å². The van der Waals surface area contributed by atoms with Gasteiger partial charge in [0.15, 0.2) is 0 Å². The molecule has 0 saturated carbocycles. The second kappa shape index (κ2) is 8.32. The summed E-state index contributed by atoms with van der Waals surface area (Å²) in [5.41, 5.74) is 4.07. The van der Waals surface area contributed by atoms with Gasteiger partial charge < -0.3 is 5.11 Å². The Morgan fingerprint density at radius 1 is 1.04 bits per heavy atom. The first kappa shape index (κ1) is 19.1. The van der Waals surface area contributed by atoms with Gasteiger partial charge in [-0.3, -0.25) is 5.43 Å². The maximum absolute atomic E-state index is 12.9. The van der Waals surface area contributed by atoms with Crippen LogP contribution in [0.2, 0.25) is 0 Å². The van der Waals surface area contributed by atoms with Gasteiger partial charge >= 0.3 is 5.97 Å². The number of piperidine rings is 1. The van der Waals surface area contributed by atoms with Crippen LogP contribution >= 0.6 is 0 Å². The van der Waals surface area contributed by atoms with Crippen LogP contribution < -0.4 is 5.43 Å². The SMILES string of the molecule is O=C(O)c1ccc(NN=Cc2ccccc2S(=O)(=O)N2CCCCC2)cc1. The summed E-state index contributed by atoms with van der Waals surface area (Å²) in [7, 11) is -3.55. The summed E-state index contributed by atoms with van der Waals surface area (Å²) in [5, 5.41) is 13.0. The molecule has 1 aliphatic rings. The van der Waals surface area contributed by atoms with E-state index in [0.717, 1.165) is 19.3 Å². The summed E-state index contributed by atoms with van der Waals surface area (Å²) in [6, 6.07) is 12.9. The minimum Gasteiger partial charge on any atom is -0.478 e. The van der Waals surface area contributed by atoms with E-state index >= 15 is 0 Å². The number of benzene rings is 2. The van der Waals surface area contributed by atoms with Gasteiger partial charge in [0.2, 0.25) is 10.0 Å². The zero-order chi connectivity index (χ0) is 19.3. The van der Waals surface area contributed by atoms with Crippen molar-refractivity contribution in [2.45, 2.75) is 24.2 Å². The number of hydrogen-bond donors (Lipinski definition) is 2. The van der Waals surface area contributed by atoms with Crippen molar-refractivity contribution in [2.75, 3.05) is 18.5 Å². The van der Waals surface area contributed by atoms with Crippen molar-refractivity contribution in [3.05, 3.63) is 59.7 Å². The van der Waals surface area contributed by atoms with E-state index in [4.69, 9.17) is 5.11 Å². The third kappa shape index (κ3) is 4.53. The molecule has 0 amide bonds. The molecule has 2 N–H and O–H groups in total. The maximum atomic E-state index is 12.9. The van der Waals surface area contributed by atoms with Gasteiger partial charge in [-0.25, -0.2) is 13.2 Å². The topological polar surface area (TPSA) is 99.1 Å². The fourth-order valence-electron chi connectivity index (χ4n) is 2.93. The zero-order valence-corrected chi connectivity index (χ0v) is 15.5. The van der Waals surface area contributed by atoms with Gasteiger partial charge in [-0.15, -0.1) is 0 Å². The van der Waals surface area contributed by atoms with Crippen LogP contribution in [0.3, 0.4) is 0 Å². The average Bonchev–Trinajstić information content (AvgIpc) is 2.69. The fraction of sp³-hybridized carbons (Fsp3) is 0.263. The second-order valence-corrected chi connectivity index (χ2v) is 8.16. The molecule has 1 fully saturated rings. The largest absolute Gasteiger partial charge is 0.478 e. The molecular weight excluding hydrogens is 366 g/mol. The Kier molecular flexibility index (Phi) is 5.88. The Bertz CT molecular complexity index is 934. The van der Waals surface area contributed by atoms with Crippen LogP contribution in [-0.4, -0.2) is 43.1 Å². The van der Waals surface area contributed by atoms with E-state index < -0.39 is 16.0 Å². The summed E-state index contributed by atoms with van der Waals surface area (Å²) >= 11 is 0. The van der Waals surface area contributed by atoms with Crippen LogP contribution in [0.4, 0.5) is 5.69 Å². The molecule has 2 aromatic carbocycles. The van der Waals surface area contributed by atoms with E-state index in [2.05, 4.69) is 10.5 Å². The molecule has 0 atom stereocenters. The maximum Gasteiger partial charge on any atom is 0.335 e. The molecule has 2 aromatic rings. The third-order valence-corrected chi connectivity index (χ3v) is 6.35. The Hall–Kier alpha value is -2.71. The highest BCUT2D eigenvalue weighted by molar-refractivity contribution is 7.89. The summed E-state index contributed by atoms with van der Waals surface area (Å²) < 4.78 is 27.4. The molecule has 142 valence electrons. The number of carboxylic acid groups (broad SMARTS) is 1. The van der Waals surface area contributed by atoms with Crippen molar-refractivity contribution < 1.29 is 18.3 Å². The van der Waals surface area contributed by atoms with E-state index in [9.17, 15) is 13.2 Å². The van der Waals surface area contributed by atoms with Crippen LogP contribution in [0.25, 0.3) is 0 Å². The number of nitrogens with one attached hydrogen (secondary N) is 1. The number of carboxylic acids is 1. The van der Waals surface area contributed by atoms with Gasteiger partial charge in [-0.1, -0.05) is 24.6 Å². The number of hydrazone groups is 1. The highest BCUT2D eigenvalue weighted by Gasteiger charge is 2.27. The summed E-state index contributed by atoms with van der Waals surface area (Å²) in [6.07, 6.45) is 4.27. The highest BCUT2D eigenvalue weighted by atomic mass is 32.2. The molecule has 27 heavy (non-hydrogen) atoms. The van der Waals surface area contributed by atoms with Gasteiger partial charge in [-0.2, -0.15) is 9.41 Å². The lowest BCUT2D eigenvalue weighted by Gasteiger charge is -2.26. The second-order valence-electron chi connectivity index (χ2n) is 6.26. The molecule has 0 radical (unpaired) electrons. The lowest BCUT2D eigenvalue weighted by molar-refractivity contribution is 0.0697.